The zero-order valence-electron chi connectivity index (χ0n) is 25.0. The highest BCUT2D eigenvalue weighted by atomic mass is 16.1. The summed E-state index contributed by atoms with van der Waals surface area (Å²) < 4.78 is 1.54. The molecule has 8 heteroatoms. The van der Waals surface area contributed by atoms with Crippen molar-refractivity contribution in [2.75, 3.05) is 48.8 Å². The summed E-state index contributed by atoms with van der Waals surface area (Å²) in [5, 5.41) is 6.34. The largest absolute Gasteiger partial charge is 0.369 e. The number of aromatic nitrogens is 2. The van der Waals surface area contributed by atoms with Gasteiger partial charge in [-0.1, -0.05) is 43.7 Å². The maximum atomic E-state index is 13.3. The number of carbonyl (C=O) groups excluding carboxylic acids is 1. The lowest BCUT2D eigenvalue weighted by molar-refractivity contribution is 0.102. The van der Waals surface area contributed by atoms with Gasteiger partial charge in [0.05, 0.1) is 5.69 Å². The summed E-state index contributed by atoms with van der Waals surface area (Å²) in [6, 6.07) is 21.7. The highest BCUT2D eigenvalue weighted by Crippen LogP contribution is 2.29. The van der Waals surface area contributed by atoms with Crippen molar-refractivity contribution >= 4 is 28.8 Å². The van der Waals surface area contributed by atoms with Gasteiger partial charge in [-0.3, -0.25) is 9.59 Å². The van der Waals surface area contributed by atoms with Crippen LogP contribution in [0.15, 0.2) is 77.7 Å². The van der Waals surface area contributed by atoms with Crippen LogP contribution in [0.5, 0.6) is 0 Å². The number of unbranched alkanes of at least 4 members (excludes halogenated alkanes) is 1. The van der Waals surface area contributed by atoms with Crippen LogP contribution in [0.2, 0.25) is 0 Å². The third kappa shape index (κ3) is 6.55. The summed E-state index contributed by atoms with van der Waals surface area (Å²) in [4.78, 5) is 35.8. The summed E-state index contributed by atoms with van der Waals surface area (Å²) in [5.41, 5.74) is 6.59. The summed E-state index contributed by atoms with van der Waals surface area (Å²) in [6.45, 7) is 8.20. The summed E-state index contributed by atoms with van der Waals surface area (Å²) >= 11 is 0. The Morgan fingerprint density at radius 1 is 0.929 bits per heavy atom. The van der Waals surface area contributed by atoms with E-state index >= 15 is 0 Å². The number of piperazine rings is 1. The van der Waals surface area contributed by atoms with E-state index < -0.39 is 0 Å². The van der Waals surface area contributed by atoms with E-state index in [-0.39, 0.29) is 17.3 Å². The van der Waals surface area contributed by atoms with Gasteiger partial charge in [0.2, 0.25) is 0 Å². The third-order valence-corrected chi connectivity index (χ3v) is 7.99. The molecule has 0 atom stereocenters. The minimum Gasteiger partial charge on any atom is -0.369 e. The first-order valence-corrected chi connectivity index (χ1v) is 14.7. The summed E-state index contributed by atoms with van der Waals surface area (Å²) in [5.74, 6) is 0.124. The molecule has 8 nitrogen and oxygen atoms in total. The van der Waals surface area contributed by atoms with Gasteiger partial charge in [0.15, 0.2) is 5.82 Å². The molecule has 1 fully saturated rings. The number of likely N-dealkylation sites (N-methyl/N-ethyl adjacent to an activating group) is 1. The summed E-state index contributed by atoms with van der Waals surface area (Å²) in [6.07, 6.45) is 4.71. The topological polar surface area (TPSA) is 82.5 Å². The van der Waals surface area contributed by atoms with Crippen molar-refractivity contribution in [1.29, 1.82) is 0 Å². The zero-order chi connectivity index (χ0) is 29.6. The molecule has 218 valence electrons. The number of benzene rings is 3. The van der Waals surface area contributed by atoms with E-state index in [4.69, 9.17) is 4.98 Å². The average molecular weight is 565 g/mol. The van der Waals surface area contributed by atoms with Crippen molar-refractivity contribution in [3.63, 3.8) is 0 Å². The number of nitrogens with zero attached hydrogens (tertiary/aromatic N) is 4. The van der Waals surface area contributed by atoms with Crippen LogP contribution in [0, 0.1) is 6.92 Å². The van der Waals surface area contributed by atoms with Gasteiger partial charge in [-0.25, -0.2) is 4.98 Å². The Bertz CT molecular complexity index is 1600. The number of rotatable bonds is 9. The molecule has 0 unspecified atom stereocenters. The molecule has 42 heavy (non-hydrogen) atoms. The molecule has 1 aliphatic heterocycles. The van der Waals surface area contributed by atoms with E-state index in [9.17, 15) is 9.59 Å². The number of aryl methyl sites for hydroxylation is 2. The second-order valence-corrected chi connectivity index (χ2v) is 11.0. The van der Waals surface area contributed by atoms with Crippen LogP contribution < -0.4 is 21.1 Å². The van der Waals surface area contributed by atoms with Gasteiger partial charge in [-0.05, 0) is 74.3 Å². The molecule has 1 aromatic heterocycles. The molecule has 5 rings (SSSR count). The zero-order valence-corrected chi connectivity index (χ0v) is 25.0. The fourth-order valence-electron chi connectivity index (χ4n) is 5.34. The Kier molecular flexibility index (Phi) is 9.03. The van der Waals surface area contributed by atoms with Crippen LogP contribution in [0.4, 0.5) is 22.9 Å². The lowest BCUT2D eigenvalue weighted by atomic mass is 10.0. The number of hydrogen-bond donors (Lipinski definition) is 2. The molecule has 0 spiro atoms. The minimum absolute atomic E-state index is 0.127. The molecule has 4 aromatic rings. The van der Waals surface area contributed by atoms with E-state index in [1.165, 1.54) is 10.3 Å². The predicted molar refractivity (Wildman–Crippen MR) is 172 cm³/mol. The van der Waals surface area contributed by atoms with Gasteiger partial charge in [-0.2, -0.15) is 0 Å². The predicted octanol–water partition coefficient (Wildman–Crippen LogP) is 5.85. The molecule has 0 radical (unpaired) electrons. The molecule has 0 bridgehead atoms. The fourth-order valence-corrected chi connectivity index (χ4v) is 5.34. The van der Waals surface area contributed by atoms with E-state index in [1.54, 1.807) is 13.2 Å². The van der Waals surface area contributed by atoms with Gasteiger partial charge in [0.1, 0.15) is 0 Å². The van der Waals surface area contributed by atoms with Crippen molar-refractivity contribution in [3.8, 4) is 11.3 Å². The number of nitrogens with one attached hydrogen (secondary N) is 2. The number of anilines is 4. The highest BCUT2D eigenvalue weighted by Gasteiger charge is 2.17. The first-order chi connectivity index (χ1) is 20.3. The van der Waals surface area contributed by atoms with Gasteiger partial charge < -0.3 is 25.0 Å². The second-order valence-electron chi connectivity index (χ2n) is 11.0. The lowest BCUT2D eigenvalue weighted by Crippen LogP contribution is -2.44. The molecule has 2 heterocycles. The van der Waals surface area contributed by atoms with E-state index in [0.717, 1.165) is 67.8 Å². The first kappa shape index (κ1) is 29.1. The molecule has 2 N–H and O–H groups in total. The van der Waals surface area contributed by atoms with Crippen molar-refractivity contribution < 1.29 is 4.79 Å². The van der Waals surface area contributed by atoms with E-state index in [1.807, 2.05) is 61.5 Å². The van der Waals surface area contributed by atoms with Gasteiger partial charge >= 0.3 is 0 Å². The Hall–Kier alpha value is -4.43. The third-order valence-electron chi connectivity index (χ3n) is 7.99. The van der Waals surface area contributed by atoms with Crippen LogP contribution in [0.1, 0.15) is 41.3 Å². The number of hydrogen-bond acceptors (Lipinski definition) is 6. The van der Waals surface area contributed by atoms with Crippen LogP contribution in [-0.4, -0.2) is 53.6 Å². The molecular weight excluding hydrogens is 524 g/mol. The maximum Gasteiger partial charge on any atom is 0.293 e. The van der Waals surface area contributed by atoms with Crippen LogP contribution in [-0.2, 0) is 13.5 Å². The monoisotopic (exact) mass is 564 g/mol. The van der Waals surface area contributed by atoms with Gasteiger partial charge in [-0.15, -0.1) is 0 Å². The van der Waals surface area contributed by atoms with E-state index in [2.05, 4.69) is 46.5 Å². The smallest absolute Gasteiger partial charge is 0.293 e. The van der Waals surface area contributed by atoms with Gasteiger partial charge in [0.25, 0.3) is 11.5 Å². The van der Waals surface area contributed by atoms with Gasteiger partial charge in [0, 0.05) is 67.6 Å². The quantitative estimate of drug-likeness (QED) is 0.266. The maximum absolute atomic E-state index is 13.3. The van der Waals surface area contributed by atoms with Crippen LogP contribution >= 0.6 is 0 Å². The fraction of sp³-hybridized carbons (Fsp3) is 0.324. The Labute approximate surface area is 248 Å². The second kappa shape index (κ2) is 13.0. The van der Waals surface area contributed by atoms with Crippen LogP contribution in [0.25, 0.3) is 11.3 Å². The standard InChI is InChI=1S/C34H40N6O2/c1-5-6-10-25-11-7-8-12-29(25)33(41)37-30-14-9-13-28(24(30)2)31-23-39(4)34(42)32(36-31)35-26-15-17-27(18-16-26)40-21-19-38(3)20-22-40/h7-9,11-18,23H,5-6,10,19-22H2,1-4H3,(H,35,36)(H,37,41). The van der Waals surface area contributed by atoms with E-state index in [0.29, 0.717) is 16.9 Å². The molecule has 0 saturated carbocycles. The Morgan fingerprint density at radius 3 is 2.40 bits per heavy atom. The number of amides is 1. The Morgan fingerprint density at radius 2 is 1.67 bits per heavy atom. The Balaban J connectivity index is 1.37. The van der Waals surface area contributed by atoms with Crippen molar-refractivity contribution in [2.24, 2.45) is 7.05 Å². The first-order valence-electron chi connectivity index (χ1n) is 14.7. The molecule has 0 aliphatic carbocycles. The minimum atomic E-state index is -0.215. The van der Waals surface area contributed by atoms with Crippen molar-refractivity contribution in [3.05, 3.63) is 100.0 Å². The van der Waals surface area contributed by atoms with Crippen molar-refractivity contribution in [2.45, 2.75) is 33.1 Å². The molecule has 1 saturated heterocycles. The molecule has 1 amide bonds. The number of carbonyl (C=O) groups is 1. The average Bonchev–Trinajstić information content (AvgIpc) is 3.00. The SMILES string of the molecule is CCCCc1ccccc1C(=O)Nc1cccc(-c2cn(C)c(=O)c(Nc3ccc(N4CCN(C)CC4)cc3)n2)c1C. The van der Waals surface area contributed by atoms with Crippen molar-refractivity contribution in [1.82, 2.24) is 14.5 Å². The molecule has 3 aromatic carbocycles. The summed E-state index contributed by atoms with van der Waals surface area (Å²) in [7, 11) is 3.87. The van der Waals surface area contributed by atoms with Crippen LogP contribution in [0.3, 0.4) is 0 Å². The highest BCUT2D eigenvalue weighted by molar-refractivity contribution is 6.06. The molecule has 1 aliphatic rings. The molecular formula is C34H40N6O2. The normalized spacial score (nSPS) is 13.7. The lowest BCUT2D eigenvalue weighted by Gasteiger charge is -2.34.